The molecule has 0 amide bonds. The number of rotatable bonds is 8. The molecule has 0 radical (unpaired) electrons. The fourth-order valence-corrected chi connectivity index (χ4v) is 1.64. The van der Waals surface area contributed by atoms with Gasteiger partial charge >= 0.3 is 5.97 Å². The Kier molecular flexibility index (Phi) is 6.08. The number of carbonyl (C=O) groups excluding carboxylic acids is 1. The van der Waals surface area contributed by atoms with Crippen LogP contribution in [0, 0.1) is 0 Å². The normalized spacial score (nSPS) is 12.1. The van der Waals surface area contributed by atoms with Crippen LogP contribution in [-0.4, -0.2) is 29.4 Å². The SMILES string of the molecule is CC(NCCC(=O)O)C(=O)CCc1ccccc1. The quantitative estimate of drug-likeness (QED) is 0.735. The van der Waals surface area contributed by atoms with Gasteiger partial charge in [-0.25, -0.2) is 0 Å². The highest BCUT2D eigenvalue weighted by Crippen LogP contribution is 2.04. The molecule has 1 atom stereocenters. The minimum absolute atomic E-state index is 0.0380. The molecule has 0 saturated carbocycles. The number of benzene rings is 1. The molecule has 98 valence electrons. The number of ketones is 1. The molecule has 1 aromatic carbocycles. The van der Waals surface area contributed by atoms with Gasteiger partial charge in [-0.3, -0.25) is 9.59 Å². The summed E-state index contributed by atoms with van der Waals surface area (Å²) in [6, 6.07) is 9.56. The maximum absolute atomic E-state index is 11.8. The van der Waals surface area contributed by atoms with E-state index in [9.17, 15) is 9.59 Å². The van der Waals surface area contributed by atoms with Gasteiger partial charge in [0, 0.05) is 13.0 Å². The van der Waals surface area contributed by atoms with E-state index in [1.165, 1.54) is 0 Å². The summed E-state index contributed by atoms with van der Waals surface area (Å²) in [6.45, 7) is 2.10. The second kappa shape index (κ2) is 7.61. The van der Waals surface area contributed by atoms with Crippen molar-refractivity contribution in [2.75, 3.05) is 6.54 Å². The number of aliphatic carboxylic acids is 1. The second-order valence-electron chi connectivity index (χ2n) is 4.27. The summed E-state index contributed by atoms with van der Waals surface area (Å²) in [4.78, 5) is 22.1. The molecule has 0 bridgehead atoms. The molecule has 0 heterocycles. The molecule has 0 saturated heterocycles. The van der Waals surface area contributed by atoms with E-state index >= 15 is 0 Å². The van der Waals surface area contributed by atoms with Crippen molar-refractivity contribution in [1.29, 1.82) is 0 Å². The van der Waals surface area contributed by atoms with Gasteiger partial charge < -0.3 is 10.4 Å². The van der Waals surface area contributed by atoms with Gasteiger partial charge in [-0.15, -0.1) is 0 Å². The number of nitrogens with one attached hydrogen (secondary N) is 1. The van der Waals surface area contributed by atoms with Crippen LogP contribution in [0.3, 0.4) is 0 Å². The van der Waals surface area contributed by atoms with Crippen LogP contribution in [0.25, 0.3) is 0 Å². The molecular formula is C14H19NO3. The molecule has 4 nitrogen and oxygen atoms in total. The van der Waals surface area contributed by atoms with Crippen LogP contribution >= 0.6 is 0 Å². The smallest absolute Gasteiger partial charge is 0.304 e. The first kappa shape index (κ1) is 14.4. The molecule has 0 aliphatic carbocycles. The van der Waals surface area contributed by atoms with Crippen molar-refractivity contribution in [1.82, 2.24) is 5.32 Å². The van der Waals surface area contributed by atoms with Crippen LogP contribution in [0.5, 0.6) is 0 Å². The first-order chi connectivity index (χ1) is 8.59. The third-order valence-corrected chi connectivity index (χ3v) is 2.78. The van der Waals surface area contributed by atoms with Crippen molar-refractivity contribution in [3.63, 3.8) is 0 Å². The second-order valence-corrected chi connectivity index (χ2v) is 4.27. The largest absolute Gasteiger partial charge is 0.481 e. The molecule has 18 heavy (non-hydrogen) atoms. The Morgan fingerprint density at radius 3 is 2.50 bits per heavy atom. The molecule has 0 aliphatic heterocycles. The minimum Gasteiger partial charge on any atom is -0.481 e. The van der Waals surface area contributed by atoms with Gasteiger partial charge in [0.2, 0.25) is 0 Å². The number of hydrogen-bond donors (Lipinski definition) is 2. The lowest BCUT2D eigenvalue weighted by Gasteiger charge is -2.11. The summed E-state index contributed by atoms with van der Waals surface area (Å²) >= 11 is 0. The molecule has 1 unspecified atom stereocenters. The lowest BCUT2D eigenvalue weighted by atomic mass is 10.0. The molecule has 0 aromatic heterocycles. The third-order valence-electron chi connectivity index (χ3n) is 2.78. The zero-order valence-electron chi connectivity index (χ0n) is 10.6. The number of Topliss-reactive ketones (excluding diaryl/α,β-unsaturated/α-hetero) is 1. The van der Waals surface area contributed by atoms with E-state index in [-0.39, 0.29) is 18.2 Å². The highest BCUT2D eigenvalue weighted by molar-refractivity contribution is 5.83. The molecular weight excluding hydrogens is 230 g/mol. The fraction of sp³-hybridized carbons (Fsp3) is 0.429. The fourth-order valence-electron chi connectivity index (χ4n) is 1.64. The van der Waals surface area contributed by atoms with E-state index in [2.05, 4.69) is 5.32 Å². The van der Waals surface area contributed by atoms with Gasteiger partial charge in [0.1, 0.15) is 5.78 Å². The highest BCUT2D eigenvalue weighted by atomic mass is 16.4. The lowest BCUT2D eigenvalue weighted by molar-refractivity contribution is -0.137. The predicted molar refractivity (Wildman–Crippen MR) is 69.5 cm³/mol. The van der Waals surface area contributed by atoms with E-state index in [0.717, 1.165) is 12.0 Å². The van der Waals surface area contributed by atoms with Gasteiger partial charge in [-0.05, 0) is 18.9 Å². The van der Waals surface area contributed by atoms with Crippen molar-refractivity contribution in [2.24, 2.45) is 0 Å². The summed E-state index contributed by atoms with van der Waals surface area (Å²) in [5.74, 6) is -0.740. The number of carbonyl (C=O) groups is 2. The average Bonchev–Trinajstić information content (AvgIpc) is 2.36. The summed E-state index contributed by atoms with van der Waals surface area (Å²) < 4.78 is 0. The van der Waals surface area contributed by atoms with Crippen LogP contribution in [-0.2, 0) is 16.0 Å². The Balaban J connectivity index is 2.25. The molecule has 1 rings (SSSR count). The molecule has 1 aromatic rings. The van der Waals surface area contributed by atoms with Crippen molar-refractivity contribution < 1.29 is 14.7 Å². The number of carboxylic acid groups (broad SMARTS) is 1. The minimum atomic E-state index is -0.855. The Morgan fingerprint density at radius 1 is 1.22 bits per heavy atom. The Morgan fingerprint density at radius 2 is 1.89 bits per heavy atom. The Labute approximate surface area is 107 Å². The lowest BCUT2D eigenvalue weighted by Crippen LogP contribution is -2.35. The van der Waals surface area contributed by atoms with E-state index in [0.29, 0.717) is 13.0 Å². The van der Waals surface area contributed by atoms with E-state index in [4.69, 9.17) is 5.11 Å². The van der Waals surface area contributed by atoms with Crippen molar-refractivity contribution in [2.45, 2.75) is 32.2 Å². The predicted octanol–water partition coefficient (Wildman–Crippen LogP) is 1.64. The topological polar surface area (TPSA) is 66.4 Å². The Hall–Kier alpha value is -1.68. The first-order valence-electron chi connectivity index (χ1n) is 6.11. The number of carboxylic acids is 1. The van der Waals surface area contributed by atoms with Crippen molar-refractivity contribution in [3.8, 4) is 0 Å². The third kappa shape index (κ3) is 5.59. The standard InChI is InChI=1S/C14H19NO3/c1-11(15-10-9-14(17)18)13(16)8-7-12-5-3-2-4-6-12/h2-6,11,15H,7-10H2,1H3,(H,17,18). The molecule has 4 heteroatoms. The summed E-state index contributed by atoms with van der Waals surface area (Å²) in [5, 5.41) is 11.4. The summed E-state index contributed by atoms with van der Waals surface area (Å²) in [5.41, 5.74) is 1.14. The monoisotopic (exact) mass is 249 g/mol. The van der Waals surface area contributed by atoms with Gasteiger partial charge in [-0.2, -0.15) is 0 Å². The number of aryl methyl sites for hydroxylation is 1. The van der Waals surface area contributed by atoms with E-state index in [1.807, 2.05) is 30.3 Å². The molecule has 0 aliphatic rings. The van der Waals surface area contributed by atoms with Gasteiger partial charge in [0.05, 0.1) is 12.5 Å². The van der Waals surface area contributed by atoms with E-state index < -0.39 is 5.97 Å². The highest BCUT2D eigenvalue weighted by Gasteiger charge is 2.12. The maximum atomic E-state index is 11.8. The van der Waals surface area contributed by atoms with Crippen LogP contribution in [0.1, 0.15) is 25.3 Å². The van der Waals surface area contributed by atoms with Crippen LogP contribution < -0.4 is 5.32 Å². The molecule has 0 spiro atoms. The van der Waals surface area contributed by atoms with Gasteiger partial charge in [0.25, 0.3) is 0 Å². The van der Waals surface area contributed by atoms with Crippen LogP contribution in [0.4, 0.5) is 0 Å². The number of hydrogen-bond acceptors (Lipinski definition) is 3. The van der Waals surface area contributed by atoms with Gasteiger partial charge in [0.15, 0.2) is 0 Å². The molecule has 0 fully saturated rings. The maximum Gasteiger partial charge on any atom is 0.304 e. The summed E-state index contributed by atoms with van der Waals surface area (Å²) in [6.07, 6.45) is 1.24. The van der Waals surface area contributed by atoms with Gasteiger partial charge in [-0.1, -0.05) is 30.3 Å². The van der Waals surface area contributed by atoms with Crippen molar-refractivity contribution in [3.05, 3.63) is 35.9 Å². The molecule has 2 N–H and O–H groups in total. The Bertz CT molecular complexity index is 389. The van der Waals surface area contributed by atoms with E-state index in [1.54, 1.807) is 6.92 Å². The van der Waals surface area contributed by atoms with Crippen LogP contribution in [0.2, 0.25) is 0 Å². The first-order valence-corrected chi connectivity index (χ1v) is 6.11. The summed E-state index contributed by atoms with van der Waals surface area (Å²) in [7, 11) is 0. The zero-order chi connectivity index (χ0) is 13.4. The zero-order valence-corrected chi connectivity index (χ0v) is 10.6. The van der Waals surface area contributed by atoms with Crippen LogP contribution in [0.15, 0.2) is 30.3 Å². The average molecular weight is 249 g/mol. The van der Waals surface area contributed by atoms with Crippen molar-refractivity contribution >= 4 is 11.8 Å².